The highest BCUT2D eigenvalue weighted by atomic mass is 16.1. The van der Waals surface area contributed by atoms with E-state index in [1.54, 1.807) is 0 Å². The van der Waals surface area contributed by atoms with E-state index in [1.807, 2.05) is 13.8 Å². The molecular weight excluding hydrogens is 198 g/mol. The Kier molecular flexibility index (Phi) is 8.22. The summed E-state index contributed by atoms with van der Waals surface area (Å²) in [4.78, 5) is 10.3. The first-order valence-corrected chi connectivity index (χ1v) is 5.96. The highest BCUT2D eigenvalue weighted by molar-refractivity contribution is 5.75. The van der Waals surface area contributed by atoms with Crippen LogP contribution in [0.25, 0.3) is 0 Å². The maximum absolute atomic E-state index is 10.3. The van der Waals surface area contributed by atoms with Crippen molar-refractivity contribution in [3.63, 3.8) is 0 Å². The molecule has 0 bridgehead atoms. The normalized spacial score (nSPS) is 9.00. The molecule has 0 spiro atoms. The molecule has 16 heavy (non-hydrogen) atoms. The zero-order valence-electron chi connectivity index (χ0n) is 10.8. The van der Waals surface area contributed by atoms with Gasteiger partial charge in [-0.05, 0) is 25.8 Å². The molecular formula is C14H23NO. The second-order valence-electron chi connectivity index (χ2n) is 3.65. The maximum Gasteiger partial charge on any atom is 0.219 e. The number of carbonyl (C=O) groups is 1. The van der Waals surface area contributed by atoms with E-state index >= 15 is 0 Å². The smallest absolute Gasteiger partial charge is 0.219 e. The average Bonchev–Trinajstić information content (AvgIpc) is 2.31. The van der Waals surface area contributed by atoms with E-state index in [-0.39, 0.29) is 5.91 Å². The van der Waals surface area contributed by atoms with E-state index in [9.17, 15) is 4.79 Å². The molecule has 0 saturated carbocycles. The molecule has 0 aliphatic carbocycles. The van der Waals surface area contributed by atoms with Gasteiger partial charge >= 0.3 is 0 Å². The van der Waals surface area contributed by atoms with Crippen LogP contribution in [0.1, 0.15) is 38.3 Å². The van der Waals surface area contributed by atoms with Gasteiger partial charge in [0.05, 0.1) is 0 Å². The molecule has 0 radical (unpaired) electrons. The van der Waals surface area contributed by atoms with Crippen LogP contribution in [0.15, 0.2) is 24.3 Å². The molecule has 2 heteroatoms. The fourth-order valence-corrected chi connectivity index (χ4v) is 1.15. The zero-order chi connectivity index (χ0) is 12.4. The Hall–Kier alpha value is -1.31. The van der Waals surface area contributed by atoms with Crippen LogP contribution >= 0.6 is 0 Å². The summed E-state index contributed by atoms with van der Waals surface area (Å²) >= 11 is 0. The molecule has 1 aromatic carbocycles. The van der Waals surface area contributed by atoms with Crippen LogP contribution in [0.4, 0.5) is 0 Å². The van der Waals surface area contributed by atoms with Gasteiger partial charge in [0.2, 0.25) is 5.91 Å². The number of aryl methyl sites for hydroxylation is 2. The van der Waals surface area contributed by atoms with Gasteiger partial charge in [0.25, 0.3) is 0 Å². The Morgan fingerprint density at radius 2 is 1.69 bits per heavy atom. The lowest BCUT2D eigenvalue weighted by Crippen LogP contribution is -2.20. The third kappa shape index (κ3) is 7.04. The first kappa shape index (κ1) is 14.7. The van der Waals surface area contributed by atoms with Crippen molar-refractivity contribution in [3.8, 4) is 0 Å². The van der Waals surface area contributed by atoms with Crippen LogP contribution in [0, 0.1) is 6.92 Å². The molecule has 0 aromatic heterocycles. The molecule has 0 saturated heterocycles. The van der Waals surface area contributed by atoms with Crippen molar-refractivity contribution in [2.75, 3.05) is 6.54 Å². The topological polar surface area (TPSA) is 29.1 Å². The van der Waals surface area contributed by atoms with Crippen molar-refractivity contribution in [2.24, 2.45) is 0 Å². The summed E-state index contributed by atoms with van der Waals surface area (Å²) < 4.78 is 0. The number of nitrogens with one attached hydrogen (secondary N) is 1. The van der Waals surface area contributed by atoms with Crippen molar-refractivity contribution in [1.82, 2.24) is 5.32 Å². The summed E-state index contributed by atoms with van der Waals surface area (Å²) in [6, 6.07) is 8.66. The fraction of sp³-hybridized carbons (Fsp3) is 0.500. The van der Waals surface area contributed by atoms with Crippen LogP contribution in [-0.4, -0.2) is 12.5 Å². The summed E-state index contributed by atoms with van der Waals surface area (Å²) in [5.41, 5.74) is 2.76. The van der Waals surface area contributed by atoms with Gasteiger partial charge in [-0.25, -0.2) is 0 Å². The predicted octanol–water partition coefficient (Wildman–Crippen LogP) is 3.09. The third-order valence-electron chi connectivity index (χ3n) is 2.22. The minimum absolute atomic E-state index is 0.127. The van der Waals surface area contributed by atoms with Crippen molar-refractivity contribution in [1.29, 1.82) is 0 Å². The average molecular weight is 221 g/mol. The lowest BCUT2D eigenvalue weighted by molar-refractivity contribution is -0.120. The molecule has 2 nitrogen and oxygen atoms in total. The lowest BCUT2D eigenvalue weighted by Gasteiger charge is -1.94. The second-order valence-corrected chi connectivity index (χ2v) is 3.65. The highest BCUT2D eigenvalue weighted by Gasteiger charge is 1.88. The largest absolute Gasteiger partial charge is 0.356 e. The second kappa shape index (κ2) is 8.96. The van der Waals surface area contributed by atoms with Gasteiger partial charge in [0.1, 0.15) is 0 Å². The number of hydrogen-bond donors (Lipinski definition) is 1. The Balaban J connectivity index is 0.000000293. The van der Waals surface area contributed by atoms with Crippen molar-refractivity contribution in [2.45, 2.75) is 40.5 Å². The van der Waals surface area contributed by atoms with Crippen LogP contribution in [-0.2, 0) is 11.2 Å². The number of hydrogen-bond acceptors (Lipinski definition) is 1. The summed E-state index contributed by atoms with van der Waals surface area (Å²) in [5, 5.41) is 2.66. The van der Waals surface area contributed by atoms with Gasteiger partial charge in [-0.3, -0.25) is 4.79 Å². The fourth-order valence-electron chi connectivity index (χ4n) is 1.15. The van der Waals surface area contributed by atoms with Gasteiger partial charge in [-0.2, -0.15) is 0 Å². The monoisotopic (exact) mass is 221 g/mol. The van der Waals surface area contributed by atoms with E-state index in [4.69, 9.17) is 0 Å². The molecule has 0 aliphatic rings. The van der Waals surface area contributed by atoms with E-state index in [0.717, 1.165) is 13.0 Å². The molecule has 0 unspecified atom stereocenters. The standard InChI is InChI=1S/C9H12.C5H11NO/c1-3-9-6-4-8(2)5-7-9;1-3-5(7)6-4-2/h4-7H,3H2,1-2H3;3-4H2,1-2H3,(H,6,7). The lowest BCUT2D eigenvalue weighted by atomic mass is 10.1. The highest BCUT2D eigenvalue weighted by Crippen LogP contribution is 2.02. The SMILES string of the molecule is CCNC(=O)CC.CCc1ccc(C)cc1. The molecule has 1 aromatic rings. The molecule has 0 aliphatic heterocycles. The number of benzene rings is 1. The van der Waals surface area contributed by atoms with E-state index in [2.05, 4.69) is 43.4 Å². The van der Waals surface area contributed by atoms with Gasteiger partial charge in [-0.15, -0.1) is 0 Å². The summed E-state index contributed by atoms with van der Waals surface area (Å²) in [7, 11) is 0. The van der Waals surface area contributed by atoms with Crippen molar-refractivity contribution >= 4 is 5.91 Å². The van der Waals surface area contributed by atoms with Gasteiger partial charge in [0.15, 0.2) is 0 Å². The Morgan fingerprint density at radius 3 is 2.00 bits per heavy atom. The number of carbonyl (C=O) groups excluding carboxylic acids is 1. The van der Waals surface area contributed by atoms with Crippen LogP contribution in [0.2, 0.25) is 0 Å². The summed E-state index contributed by atoms with van der Waals surface area (Å²) in [5.74, 6) is 0.127. The Labute approximate surface area is 99.1 Å². The molecule has 1 N–H and O–H groups in total. The van der Waals surface area contributed by atoms with E-state index < -0.39 is 0 Å². The maximum atomic E-state index is 10.3. The molecule has 0 fully saturated rings. The molecule has 0 atom stereocenters. The zero-order valence-corrected chi connectivity index (χ0v) is 10.8. The van der Waals surface area contributed by atoms with Crippen LogP contribution < -0.4 is 5.32 Å². The first-order chi connectivity index (χ1) is 7.63. The Morgan fingerprint density at radius 1 is 1.12 bits per heavy atom. The van der Waals surface area contributed by atoms with Gasteiger partial charge in [-0.1, -0.05) is 43.7 Å². The Bertz CT molecular complexity index is 290. The first-order valence-electron chi connectivity index (χ1n) is 5.96. The molecule has 1 amide bonds. The van der Waals surface area contributed by atoms with Crippen molar-refractivity contribution in [3.05, 3.63) is 35.4 Å². The minimum Gasteiger partial charge on any atom is -0.356 e. The summed E-state index contributed by atoms with van der Waals surface area (Å²) in [6.07, 6.45) is 1.73. The van der Waals surface area contributed by atoms with E-state index in [1.165, 1.54) is 11.1 Å². The van der Waals surface area contributed by atoms with Crippen LogP contribution in [0.5, 0.6) is 0 Å². The molecule has 90 valence electrons. The quantitative estimate of drug-likeness (QED) is 0.835. The molecule has 0 heterocycles. The third-order valence-corrected chi connectivity index (χ3v) is 2.22. The van der Waals surface area contributed by atoms with Crippen LogP contribution in [0.3, 0.4) is 0 Å². The minimum atomic E-state index is 0.127. The summed E-state index contributed by atoms with van der Waals surface area (Å²) in [6.45, 7) is 8.77. The van der Waals surface area contributed by atoms with E-state index in [0.29, 0.717) is 6.42 Å². The van der Waals surface area contributed by atoms with Gasteiger partial charge in [0, 0.05) is 13.0 Å². The number of rotatable bonds is 3. The predicted molar refractivity (Wildman–Crippen MR) is 69.5 cm³/mol. The van der Waals surface area contributed by atoms with Gasteiger partial charge < -0.3 is 5.32 Å². The van der Waals surface area contributed by atoms with Crippen molar-refractivity contribution < 1.29 is 4.79 Å². The molecule has 1 rings (SSSR count). The number of amides is 1.